The molecule has 1 fully saturated rings. The van der Waals surface area contributed by atoms with Crippen LogP contribution in [0.15, 0.2) is 29.3 Å². The van der Waals surface area contributed by atoms with Crippen LogP contribution in [0.5, 0.6) is 0 Å². The molecule has 1 amide bonds. The summed E-state index contributed by atoms with van der Waals surface area (Å²) in [7, 11) is 0. The maximum atomic E-state index is 12.3. The van der Waals surface area contributed by atoms with Crippen molar-refractivity contribution in [2.24, 2.45) is 0 Å². The molecule has 0 bridgehead atoms. The predicted octanol–water partition coefficient (Wildman–Crippen LogP) is 2.15. The Kier molecular flexibility index (Phi) is 4.51. The first-order valence-electron chi connectivity index (χ1n) is 5.95. The maximum absolute atomic E-state index is 12.3. The van der Waals surface area contributed by atoms with Gasteiger partial charge in [0.25, 0.3) is 5.91 Å². The average molecular weight is 308 g/mol. The van der Waals surface area contributed by atoms with Gasteiger partial charge >= 0.3 is 5.97 Å². The molecular formula is C13H12N2O3S2. The number of pyridine rings is 1. The normalized spacial score (nSPS) is 18.6. The molecule has 0 unspecified atom stereocenters. The molecule has 2 rings (SSSR count). The highest BCUT2D eigenvalue weighted by atomic mass is 32.2. The van der Waals surface area contributed by atoms with Crippen LogP contribution in [0.4, 0.5) is 0 Å². The number of thiocarbonyl (C=S) groups is 1. The van der Waals surface area contributed by atoms with Crippen molar-refractivity contribution in [1.82, 2.24) is 9.88 Å². The van der Waals surface area contributed by atoms with Gasteiger partial charge in [0.05, 0.1) is 10.6 Å². The lowest BCUT2D eigenvalue weighted by Crippen LogP contribution is -2.43. The van der Waals surface area contributed by atoms with Crippen LogP contribution < -0.4 is 0 Å². The zero-order valence-corrected chi connectivity index (χ0v) is 12.3. The Morgan fingerprint density at radius 2 is 2.35 bits per heavy atom. The van der Waals surface area contributed by atoms with E-state index in [1.54, 1.807) is 31.3 Å². The summed E-state index contributed by atoms with van der Waals surface area (Å²) in [5, 5.41) is 9.15. The molecule has 1 aliphatic rings. The van der Waals surface area contributed by atoms with Crippen molar-refractivity contribution >= 4 is 46.3 Å². The molecule has 104 valence electrons. The van der Waals surface area contributed by atoms with Crippen molar-refractivity contribution in [1.29, 1.82) is 0 Å². The minimum Gasteiger partial charge on any atom is -0.480 e. The molecule has 0 radical (unpaired) electrons. The second kappa shape index (κ2) is 6.15. The third kappa shape index (κ3) is 2.88. The molecular weight excluding hydrogens is 296 g/mol. The maximum Gasteiger partial charge on any atom is 0.326 e. The van der Waals surface area contributed by atoms with Crippen LogP contribution in [0.25, 0.3) is 6.08 Å². The molecule has 7 heteroatoms. The van der Waals surface area contributed by atoms with Gasteiger partial charge in [0.15, 0.2) is 0 Å². The third-order valence-electron chi connectivity index (χ3n) is 2.77. The zero-order chi connectivity index (χ0) is 14.7. The minimum atomic E-state index is -1.05. The zero-order valence-electron chi connectivity index (χ0n) is 10.6. The standard InChI is InChI=1S/C13H12N2O3S2/c1-2-9(12(17)18)15-11(16)10(20-13(15)19)7-8-5-3-4-6-14-8/h3-7,9H,2H2,1H3,(H,17,18)/b10-7-/t9-/m0/s1. The van der Waals surface area contributed by atoms with Crippen LogP contribution in [0.2, 0.25) is 0 Å². The highest BCUT2D eigenvalue weighted by Crippen LogP contribution is 2.34. The second-order valence-electron chi connectivity index (χ2n) is 4.07. The number of carbonyl (C=O) groups is 2. The summed E-state index contributed by atoms with van der Waals surface area (Å²) in [5.74, 6) is -1.43. The fourth-order valence-electron chi connectivity index (χ4n) is 1.81. The fraction of sp³-hybridized carbons (Fsp3) is 0.231. The lowest BCUT2D eigenvalue weighted by atomic mass is 10.2. The van der Waals surface area contributed by atoms with Gasteiger partial charge in [-0.25, -0.2) is 4.79 Å². The largest absolute Gasteiger partial charge is 0.480 e. The summed E-state index contributed by atoms with van der Waals surface area (Å²) in [5.41, 5.74) is 0.636. The second-order valence-corrected chi connectivity index (χ2v) is 5.74. The van der Waals surface area contributed by atoms with E-state index in [9.17, 15) is 9.59 Å². The van der Waals surface area contributed by atoms with Crippen molar-refractivity contribution in [2.75, 3.05) is 0 Å². The lowest BCUT2D eigenvalue weighted by molar-refractivity contribution is -0.145. The van der Waals surface area contributed by atoms with Crippen molar-refractivity contribution in [3.63, 3.8) is 0 Å². The summed E-state index contributed by atoms with van der Waals surface area (Å²) in [4.78, 5) is 29.1. The van der Waals surface area contributed by atoms with Crippen LogP contribution in [0, 0.1) is 0 Å². The highest BCUT2D eigenvalue weighted by molar-refractivity contribution is 8.26. The Bertz CT molecular complexity index is 587. The van der Waals surface area contributed by atoms with Crippen molar-refractivity contribution in [2.45, 2.75) is 19.4 Å². The van der Waals surface area contributed by atoms with Crippen LogP contribution in [-0.2, 0) is 9.59 Å². The van der Waals surface area contributed by atoms with Crippen LogP contribution >= 0.6 is 24.0 Å². The molecule has 5 nitrogen and oxygen atoms in total. The number of nitrogens with zero attached hydrogens (tertiary/aromatic N) is 2. The quantitative estimate of drug-likeness (QED) is 0.679. The van der Waals surface area contributed by atoms with E-state index >= 15 is 0 Å². The lowest BCUT2D eigenvalue weighted by Gasteiger charge is -2.21. The molecule has 1 aromatic rings. The van der Waals surface area contributed by atoms with Gasteiger partial charge in [-0.15, -0.1) is 0 Å². The first-order valence-corrected chi connectivity index (χ1v) is 7.18. The van der Waals surface area contributed by atoms with Crippen molar-refractivity contribution in [3.8, 4) is 0 Å². The fourth-order valence-corrected chi connectivity index (χ4v) is 3.15. The molecule has 1 aromatic heterocycles. The number of aromatic nitrogens is 1. The SMILES string of the molecule is CC[C@@H](C(=O)O)N1C(=O)/C(=C/c2ccccn2)SC1=S. The van der Waals surface area contributed by atoms with E-state index < -0.39 is 12.0 Å². The van der Waals surface area contributed by atoms with E-state index in [1.807, 2.05) is 6.07 Å². The van der Waals surface area contributed by atoms with Crippen molar-refractivity contribution < 1.29 is 14.7 Å². The molecule has 0 aliphatic carbocycles. The van der Waals surface area contributed by atoms with Gasteiger partial charge < -0.3 is 5.11 Å². The van der Waals surface area contributed by atoms with E-state index in [4.69, 9.17) is 17.3 Å². The Morgan fingerprint density at radius 1 is 1.60 bits per heavy atom. The average Bonchev–Trinajstić information content (AvgIpc) is 2.68. The van der Waals surface area contributed by atoms with E-state index in [-0.39, 0.29) is 10.2 Å². The van der Waals surface area contributed by atoms with Gasteiger partial charge in [-0.1, -0.05) is 37.0 Å². The molecule has 0 aromatic carbocycles. The predicted molar refractivity (Wildman–Crippen MR) is 81.0 cm³/mol. The summed E-state index contributed by atoms with van der Waals surface area (Å²) in [6.45, 7) is 1.71. The molecule has 20 heavy (non-hydrogen) atoms. The number of amides is 1. The van der Waals surface area contributed by atoms with Gasteiger partial charge in [-0.2, -0.15) is 0 Å². The van der Waals surface area contributed by atoms with Crippen LogP contribution in [0.1, 0.15) is 19.0 Å². The van der Waals surface area contributed by atoms with E-state index in [0.29, 0.717) is 17.0 Å². The molecule has 0 spiro atoms. The van der Waals surface area contributed by atoms with Crippen LogP contribution in [-0.4, -0.2) is 37.2 Å². The summed E-state index contributed by atoms with van der Waals surface area (Å²) >= 11 is 6.22. The number of carboxylic acids is 1. The molecule has 0 saturated carbocycles. The first kappa shape index (κ1) is 14.7. The van der Waals surface area contributed by atoms with Crippen molar-refractivity contribution in [3.05, 3.63) is 35.0 Å². The van der Waals surface area contributed by atoms with Gasteiger partial charge in [0.1, 0.15) is 10.4 Å². The number of rotatable bonds is 4. The van der Waals surface area contributed by atoms with Gasteiger partial charge in [0.2, 0.25) is 0 Å². The Morgan fingerprint density at radius 3 is 2.90 bits per heavy atom. The van der Waals surface area contributed by atoms with E-state index in [2.05, 4.69) is 4.98 Å². The molecule has 2 heterocycles. The minimum absolute atomic E-state index is 0.270. The smallest absolute Gasteiger partial charge is 0.326 e. The Labute approximate surface area is 125 Å². The monoisotopic (exact) mass is 308 g/mol. The number of hydrogen-bond acceptors (Lipinski definition) is 5. The number of carbonyl (C=O) groups excluding carboxylic acids is 1. The number of carboxylic acid groups (broad SMARTS) is 1. The summed E-state index contributed by atoms with van der Waals surface area (Å²) in [6, 6.07) is 4.43. The van der Waals surface area contributed by atoms with E-state index in [0.717, 1.165) is 16.7 Å². The molecule has 1 atom stereocenters. The first-order chi connectivity index (χ1) is 9.54. The van der Waals surface area contributed by atoms with Gasteiger partial charge in [-0.3, -0.25) is 14.7 Å². The third-order valence-corrected chi connectivity index (χ3v) is 4.10. The topological polar surface area (TPSA) is 70.5 Å². The number of aliphatic carboxylic acids is 1. The Balaban J connectivity index is 2.29. The summed E-state index contributed by atoms with van der Waals surface area (Å²) in [6.07, 6.45) is 3.55. The Hall–Kier alpha value is -1.73. The summed E-state index contributed by atoms with van der Waals surface area (Å²) < 4.78 is 0.270. The highest BCUT2D eigenvalue weighted by Gasteiger charge is 2.39. The van der Waals surface area contributed by atoms with E-state index in [1.165, 1.54) is 0 Å². The number of thioether (sulfide) groups is 1. The molecule has 1 saturated heterocycles. The molecule has 1 aliphatic heterocycles. The molecule has 1 N–H and O–H groups in total. The van der Waals surface area contributed by atoms with Gasteiger partial charge in [-0.05, 0) is 24.6 Å². The number of hydrogen-bond donors (Lipinski definition) is 1. The van der Waals surface area contributed by atoms with Gasteiger partial charge in [0, 0.05) is 6.20 Å². The van der Waals surface area contributed by atoms with Crippen LogP contribution in [0.3, 0.4) is 0 Å².